The Morgan fingerprint density at radius 3 is 2.36 bits per heavy atom. The number of ketones is 1. The highest BCUT2D eigenvalue weighted by atomic mass is 35.5. The summed E-state index contributed by atoms with van der Waals surface area (Å²) in [6.07, 6.45) is 0. The molecule has 1 heterocycles. The topological polar surface area (TPSA) is 66.8 Å². The number of anilines is 1. The molecule has 1 atom stereocenters. The summed E-state index contributed by atoms with van der Waals surface area (Å²) in [5, 5.41) is 11.7. The number of aryl methyl sites for hydroxylation is 2. The Kier molecular flexibility index (Phi) is 6.25. The molecule has 3 aromatic rings. The number of aliphatic hydroxyl groups excluding tert-OH is 1. The number of carbonyl (C=O) groups is 2. The van der Waals surface area contributed by atoms with E-state index in [0.717, 1.165) is 11.1 Å². The molecule has 0 saturated carbocycles. The highest BCUT2D eigenvalue weighted by Crippen LogP contribution is 2.43. The van der Waals surface area contributed by atoms with Crippen molar-refractivity contribution in [2.75, 3.05) is 11.5 Å². The van der Waals surface area contributed by atoms with E-state index < -0.39 is 17.7 Å². The monoisotopic (exact) mass is 461 g/mol. The van der Waals surface area contributed by atoms with Crippen LogP contribution in [0.4, 0.5) is 5.69 Å². The minimum atomic E-state index is -0.819. The molecule has 0 spiro atoms. The lowest BCUT2D eigenvalue weighted by Gasteiger charge is -2.25. The molecule has 3 aromatic carbocycles. The first-order valence-corrected chi connectivity index (χ1v) is 11.1. The number of carbonyl (C=O) groups excluding carboxylic acids is 2. The van der Waals surface area contributed by atoms with Crippen molar-refractivity contribution < 1.29 is 19.4 Å². The van der Waals surface area contributed by atoms with Crippen molar-refractivity contribution in [2.24, 2.45) is 0 Å². The van der Waals surface area contributed by atoms with Crippen molar-refractivity contribution >= 4 is 34.7 Å². The standard InChI is InChI=1S/C27H24ClNO4/c1-4-33-22-12-10-18(11-13-22)24-23(25(30)19-9-8-16(2)17(3)14-19)26(31)27(32)29(24)21-7-5-6-20(28)15-21/h5-15,24,30H,4H2,1-3H3/b25-23+. The first kappa shape index (κ1) is 22.6. The number of rotatable bonds is 5. The number of amides is 1. The van der Waals surface area contributed by atoms with Crippen LogP contribution in [-0.4, -0.2) is 23.4 Å². The van der Waals surface area contributed by atoms with Crippen LogP contribution in [0.15, 0.2) is 72.3 Å². The third-order valence-corrected chi connectivity index (χ3v) is 6.05. The molecule has 1 unspecified atom stereocenters. The van der Waals surface area contributed by atoms with E-state index in [9.17, 15) is 14.7 Å². The lowest BCUT2D eigenvalue weighted by molar-refractivity contribution is -0.132. The maximum Gasteiger partial charge on any atom is 0.300 e. The van der Waals surface area contributed by atoms with Crippen molar-refractivity contribution in [2.45, 2.75) is 26.8 Å². The van der Waals surface area contributed by atoms with Gasteiger partial charge in [0.1, 0.15) is 11.5 Å². The highest BCUT2D eigenvalue weighted by Gasteiger charge is 2.47. The Bertz CT molecular complexity index is 1260. The second kappa shape index (κ2) is 9.12. The van der Waals surface area contributed by atoms with Crippen LogP contribution in [0.25, 0.3) is 5.76 Å². The van der Waals surface area contributed by atoms with E-state index in [1.807, 2.05) is 32.9 Å². The smallest absolute Gasteiger partial charge is 0.300 e. The summed E-state index contributed by atoms with van der Waals surface area (Å²) in [4.78, 5) is 27.8. The van der Waals surface area contributed by atoms with Crippen molar-refractivity contribution in [3.8, 4) is 5.75 Å². The van der Waals surface area contributed by atoms with Gasteiger partial charge in [-0.3, -0.25) is 14.5 Å². The molecule has 0 aliphatic carbocycles. The lowest BCUT2D eigenvalue weighted by atomic mass is 9.94. The molecule has 4 rings (SSSR count). The van der Waals surface area contributed by atoms with E-state index in [-0.39, 0.29) is 11.3 Å². The Hall–Kier alpha value is -3.57. The molecular formula is C27H24ClNO4. The summed E-state index contributed by atoms with van der Waals surface area (Å²) < 4.78 is 5.53. The maximum absolute atomic E-state index is 13.2. The zero-order valence-electron chi connectivity index (χ0n) is 18.6. The van der Waals surface area contributed by atoms with E-state index in [0.29, 0.717) is 34.2 Å². The van der Waals surface area contributed by atoms with Gasteiger partial charge in [0.25, 0.3) is 11.7 Å². The van der Waals surface area contributed by atoms with Gasteiger partial charge in [-0.25, -0.2) is 0 Å². The van der Waals surface area contributed by atoms with Crippen molar-refractivity contribution in [1.29, 1.82) is 0 Å². The van der Waals surface area contributed by atoms with Crippen LogP contribution in [0.5, 0.6) is 5.75 Å². The molecule has 1 aliphatic rings. The Balaban J connectivity index is 1.92. The molecule has 0 aromatic heterocycles. The molecule has 6 heteroatoms. The summed E-state index contributed by atoms with van der Waals surface area (Å²) >= 11 is 6.18. The summed E-state index contributed by atoms with van der Waals surface area (Å²) in [6.45, 7) is 6.32. The Morgan fingerprint density at radius 1 is 1.00 bits per heavy atom. The summed E-state index contributed by atoms with van der Waals surface area (Å²) in [5.74, 6) is -0.999. The van der Waals surface area contributed by atoms with Crippen LogP contribution in [0, 0.1) is 13.8 Å². The fraction of sp³-hybridized carbons (Fsp3) is 0.185. The largest absolute Gasteiger partial charge is 0.507 e. The molecule has 0 radical (unpaired) electrons. The number of hydrogen-bond donors (Lipinski definition) is 1. The number of hydrogen-bond acceptors (Lipinski definition) is 4. The van der Waals surface area contributed by atoms with E-state index >= 15 is 0 Å². The van der Waals surface area contributed by atoms with Gasteiger partial charge >= 0.3 is 0 Å². The first-order valence-electron chi connectivity index (χ1n) is 10.7. The molecule has 1 fully saturated rings. The molecule has 1 N–H and O–H groups in total. The predicted molar refractivity (Wildman–Crippen MR) is 130 cm³/mol. The van der Waals surface area contributed by atoms with Gasteiger partial charge in [-0.15, -0.1) is 0 Å². The van der Waals surface area contributed by atoms with Crippen LogP contribution < -0.4 is 9.64 Å². The molecular weight excluding hydrogens is 438 g/mol. The second-order valence-corrected chi connectivity index (χ2v) is 8.39. The van der Waals surface area contributed by atoms with Gasteiger partial charge in [-0.2, -0.15) is 0 Å². The third-order valence-electron chi connectivity index (χ3n) is 5.82. The fourth-order valence-electron chi connectivity index (χ4n) is 4.00. The molecule has 5 nitrogen and oxygen atoms in total. The zero-order valence-corrected chi connectivity index (χ0v) is 19.4. The number of Topliss-reactive ketones (excluding diaryl/α,β-unsaturated/α-hetero) is 1. The fourth-order valence-corrected chi connectivity index (χ4v) is 4.18. The minimum absolute atomic E-state index is 0.0346. The van der Waals surface area contributed by atoms with Gasteiger partial charge in [0, 0.05) is 16.3 Å². The van der Waals surface area contributed by atoms with Crippen molar-refractivity contribution in [3.63, 3.8) is 0 Å². The van der Waals surface area contributed by atoms with E-state index in [2.05, 4.69) is 0 Å². The third kappa shape index (κ3) is 4.24. The SMILES string of the molecule is CCOc1ccc(C2/C(=C(\O)c3ccc(C)c(C)c3)C(=O)C(=O)N2c2cccc(Cl)c2)cc1. The molecule has 168 valence electrons. The number of aliphatic hydroxyl groups is 1. The van der Waals surface area contributed by atoms with E-state index in [4.69, 9.17) is 16.3 Å². The van der Waals surface area contributed by atoms with Crippen LogP contribution in [0.3, 0.4) is 0 Å². The average molecular weight is 462 g/mol. The van der Waals surface area contributed by atoms with Crippen LogP contribution in [-0.2, 0) is 9.59 Å². The minimum Gasteiger partial charge on any atom is -0.507 e. The normalized spacial score (nSPS) is 17.5. The molecule has 1 amide bonds. The van der Waals surface area contributed by atoms with Gasteiger partial charge < -0.3 is 9.84 Å². The molecule has 33 heavy (non-hydrogen) atoms. The predicted octanol–water partition coefficient (Wildman–Crippen LogP) is 5.98. The van der Waals surface area contributed by atoms with Crippen LogP contribution in [0.1, 0.15) is 35.2 Å². The molecule has 1 saturated heterocycles. The van der Waals surface area contributed by atoms with Gasteiger partial charge in [-0.05, 0) is 73.9 Å². The summed E-state index contributed by atoms with van der Waals surface area (Å²) in [7, 11) is 0. The van der Waals surface area contributed by atoms with Crippen molar-refractivity contribution in [1.82, 2.24) is 0 Å². The maximum atomic E-state index is 13.2. The van der Waals surface area contributed by atoms with E-state index in [1.165, 1.54) is 4.90 Å². The zero-order chi connectivity index (χ0) is 23.7. The number of ether oxygens (including phenoxy) is 1. The van der Waals surface area contributed by atoms with Gasteiger partial charge in [0.05, 0.1) is 18.2 Å². The number of halogens is 1. The number of nitrogens with zero attached hydrogens (tertiary/aromatic N) is 1. The van der Waals surface area contributed by atoms with E-state index in [1.54, 1.807) is 54.6 Å². The quantitative estimate of drug-likeness (QED) is 0.288. The van der Waals surface area contributed by atoms with Crippen LogP contribution in [0.2, 0.25) is 5.02 Å². The van der Waals surface area contributed by atoms with Gasteiger partial charge in [0.2, 0.25) is 0 Å². The Morgan fingerprint density at radius 2 is 1.73 bits per heavy atom. The number of benzene rings is 3. The van der Waals surface area contributed by atoms with Gasteiger partial charge in [-0.1, -0.05) is 41.9 Å². The van der Waals surface area contributed by atoms with Crippen molar-refractivity contribution in [3.05, 3.63) is 99.6 Å². The van der Waals surface area contributed by atoms with Crippen LogP contribution >= 0.6 is 11.6 Å². The first-order chi connectivity index (χ1) is 15.8. The molecule has 0 bridgehead atoms. The summed E-state index contributed by atoms with van der Waals surface area (Å²) in [5.41, 5.74) is 3.70. The summed E-state index contributed by atoms with van der Waals surface area (Å²) in [6, 6.07) is 18.5. The highest BCUT2D eigenvalue weighted by molar-refractivity contribution is 6.51. The second-order valence-electron chi connectivity index (χ2n) is 7.95. The molecule has 1 aliphatic heterocycles. The van der Waals surface area contributed by atoms with Gasteiger partial charge in [0.15, 0.2) is 0 Å². The Labute approximate surface area is 197 Å². The lowest BCUT2D eigenvalue weighted by Crippen LogP contribution is -2.29. The average Bonchev–Trinajstić information content (AvgIpc) is 3.06.